The third-order valence-electron chi connectivity index (χ3n) is 4.75. The van der Waals surface area contributed by atoms with Crippen molar-refractivity contribution in [2.24, 2.45) is 0 Å². The molecule has 0 bridgehead atoms. The zero-order valence-electron chi connectivity index (χ0n) is 14.8. The van der Waals surface area contributed by atoms with E-state index in [1.54, 1.807) is 29.4 Å². The van der Waals surface area contributed by atoms with Crippen LogP contribution in [0.25, 0.3) is 10.2 Å². The summed E-state index contributed by atoms with van der Waals surface area (Å²) in [5.41, 5.74) is 2.57. The lowest BCUT2D eigenvalue weighted by Crippen LogP contribution is -2.31. The van der Waals surface area contributed by atoms with Gasteiger partial charge < -0.3 is 4.90 Å². The van der Waals surface area contributed by atoms with E-state index in [9.17, 15) is 4.79 Å². The monoisotopic (exact) mass is 383 g/mol. The lowest BCUT2D eigenvalue weighted by atomic mass is 10.2. The number of rotatable bonds is 6. The maximum absolute atomic E-state index is 12.7. The second-order valence-electron chi connectivity index (χ2n) is 6.40. The molecule has 1 aliphatic carbocycles. The van der Waals surface area contributed by atoms with Crippen molar-refractivity contribution < 1.29 is 4.79 Å². The average molecular weight is 384 g/mol. The van der Waals surface area contributed by atoms with Gasteiger partial charge in [-0.1, -0.05) is 42.1 Å². The minimum absolute atomic E-state index is 0.153. The fourth-order valence-electron chi connectivity index (χ4n) is 3.41. The largest absolute Gasteiger partial charge is 0.338 e. The highest BCUT2D eigenvalue weighted by atomic mass is 32.2. The van der Waals surface area contributed by atoms with Crippen molar-refractivity contribution in [3.05, 3.63) is 52.7 Å². The van der Waals surface area contributed by atoms with Gasteiger partial charge >= 0.3 is 0 Å². The molecular formula is C20H21N3OS2. The molecule has 0 atom stereocenters. The first-order valence-corrected chi connectivity index (χ1v) is 10.8. The van der Waals surface area contributed by atoms with Crippen LogP contribution in [0.15, 0.2) is 41.7 Å². The van der Waals surface area contributed by atoms with Crippen molar-refractivity contribution in [2.45, 2.75) is 37.8 Å². The molecule has 2 aromatic heterocycles. The number of thioether (sulfide) groups is 1. The van der Waals surface area contributed by atoms with Gasteiger partial charge in [0.1, 0.15) is 16.2 Å². The van der Waals surface area contributed by atoms with Gasteiger partial charge in [-0.05, 0) is 37.3 Å². The van der Waals surface area contributed by atoms with Crippen molar-refractivity contribution in [1.29, 1.82) is 0 Å². The summed E-state index contributed by atoms with van der Waals surface area (Å²) in [5.74, 6) is 0.567. The van der Waals surface area contributed by atoms with Gasteiger partial charge in [-0.15, -0.1) is 11.3 Å². The topological polar surface area (TPSA) is 46.1 Å². The third-order valence-corrected chi connectivity index (χ3v) is 6.92. The van der Waals surface area contributed by atoms with Crippen LogP contribution in [0.4, 0.5) is 0 Å². The van der Waals surface area contributed by atoms with Crippen molar-refractivity contribution >= 4 is 39.2 Å². The van der Waals surface area contributed by atoms with Gasteiger partial charge in [0.15, 0.2) is 0 Å². The summed E-state index contributed by atoms with van der Waals surface area (Å²) in [5, 5.41) is 2.15. The number of carbonyl (C=O) groups is 1. The molecular weight excluding hydrogens is 362 g/mol. The molecule has 0 radical (unpaired) electrons. The van der Waals surface area contributed by atoms with Gasteiger partial charge in [-0.2, -0.15) is 0 Å². The Morgan fingerprint density at radius 3 is 2.88 bits per heavy atom. The molecule has 0 unspecified atom stereocenters. The van der Waals surface area contributed by atoms with Crippen LogP contribution in [0.5, 0.6) is 0 Å². The van der Waals surface area contributed by atoms with Crippen LogP contribution in [0.3, 0.4) is 0 Å². The van der Waals surface area contributed by atoms with Crippen molar-refractivity contribution in [2.75, 3.05) is 12.3 Å². The minimum atomic E-state index is 0.153. The number of amides is 1. The molecule has 2 heterocycles. The molecule has 3 aromatic rings. The number of fused-ring (bicyclic) bond motifs is 3. The van der Waals surface area contributed by atoms with E-state index in [0.717, 1.165) is 28.3 Å². The van der Waals surface area contributed by atoms with Gasteiger partial charge in [0.05, 0.1) is 5.75 Å². The van der Waals surface area contributed by atoms with E-state index in [1.807, 2.05) is 30.0 Å². The molecule has 0 saturated heterocycles. The predicted molar refractivity (Wildman–Crippen MR) is 108 cm³/mol. The smallest absolute Gasteiger partial charge is 0.233 e. The normalized spacial score (nSPS) is 13.1. The van der Waals surface area contributed by atoms with Gasteiger partial charge in [0.25, 0.3) is 0 Å². The molecule has 0 aliphatic heterocycles. The predicted octanol–water partition coefficient (Wildman–Crippen LogP) is 4.32. The van der Waals surface area contributed by atoms with Crippen molar-refractivity contribution in [3.63, 3.8) is 0 Å². The molecule has 6 heteroatoms. The molecule has 1 aromatic carbocycles. The lowest BCUT2D eigenvalue weighted by molar-refractivity contribution is -0.128. The van der Waals surface area contributed by atoms with Crippen molar-refractivity contribution in [3.8, 4) is 0 Å². The Bertz CT molecular complexity index is 923. The van der Waals surface area contributed by atoms with Gasteiger partial charge in [0, 0.05) is 23.4 Å². The molecule has 0 spiro atoms. The van der Waals surface area contributed by atoms with Crippen LogP contribution in [0.1, 0.15) is 29.3 Å². The lowest BCUT2D eigenvalue weighted by Gasteiger charge is -2.20. The van der Waals surface area contributed by atoms with E-state index in [1.165, 1.54) is 22.2 Å². The molecule has 0 N–H and O–H groups in total. The number of aromatic nitrogens is 2. The molecule has 0 fully saturated rings. The first kappa shape index (κ1) is 17.5. The summed E-state index contributed by atoms with van der Waals surface area (Å²) in [4.78, 5) is 26.1. The summed E-state index contributed by atoms with van der Waals surface area (Å²) in [6.07, 6.45) is 5.11. The van der Waals surface area contributed by atoms with E-state index in [0.29, 0.717) is 18.8 Å². The van der Waals surface area contributed by atoms with E-state index < -0.39 is 0 Å². The van der Waals surface area contributed by atoms with E-state index in [-0.39, 0.29) is 5.91 Å². The summed E-state index contributed by atoms with van der Waals surface area (Å²) < 4.78 is 0. The van der Waals surface area contributed by atoms with Crippen LogP contribution in [-0.4, -0.2) is 33.1 Å². The first-order chi connectivity index (χ1) is 12.8. The summed E-state index contributed by atoms with van der Waals surface area (Å²) >= 11 is 3.33. The standard InChI is InChI=1S/C20H21N3OS2/c1-2-23(11-14-7-4-3-5-8-14)17(24)12-25-19-18-15-9-6-10-16(15)26-20(18)22-13-21-19/h3-5,7-8,13H,2,6,9-12H2,1H3. The molecule has 4 nitrogen and oxygen atoms in total. The Balaban J connectivity index is 1.48. The Hall–Kier alpha value is -1.92. The minimum Gasteiger partial charge on any atom is -0.338 e. The summed E-state index contributed by atoms with van der Waals surface area (Å²) in [6, 6.07) is 10.1. The zero-order chi connectivity index (χ0) is 17.9. The Morgan fingerprint density at radius 1 is 1.23 bits per heavy atom. The number of benzene rings is 1. The second kappa shape index (κ2) is 7.76. The number of nitrogens with zero attached hydrogens (tertiary/aromatic N) is 3. The molecule has 4 rings (SSSR count). The first-order valence-electron chi connectivity index (χ1n) is 8.96. The molecule has 26 heavy (non-hydrogen) atoms. The Morgan fingerprint density at radius 2 is 2.08 bits per heavy atom. The number of hydrogen-bond donors (Lipinski definition) is 0. The highest BCUT2D eigenvalue weighted by Gasteiger charge is 2.22. The van der Waals surface area contributed by atoms with Crippen molar-refractivity contribution in [1.82, 2.24) is 14.9 Å². The molecule has 1 aliphatic rings. The maximum Gasteiger partial charge on any atom is 0.233 e. The Kier molecular flexibility index (Phi) is 5.22. The maximum atomic E-state index is 12.7. The molecule has 0 saturated carbocycles. The van der Waals surface area contributed by atoms with Gasteiger partial charge in [-0.3, -0.25) is 4.79 Å². The summed E-state index contributed by atoms with van der Waals surface area (Å²) in [7, 11) is 0. The van der Waals surface area contributed by atoms with Gasteiger partial charge in [0.2, 0.25) is 5.91 Å². The second-order valence-corrected chi connectivity index (χ2v) is 8.45. The van der Waals surface area contributed by atoms with E-state index in [2.05, 4.69) is 22.1 Å². The molecule has 134 valence electrons. The summed E-state index contributed by atoms with van der Waals surface area (Å²) in [6.45, 7) is 3.39. The fourth-order valence-corrected chi connectivity index (χ4v) is 5.63. The number of aryl methyl sites for hydroxylation is 2. The van der Waals surface area contributed by atoms with Crippen LogP contribution in [0, 0.1) is 0 Å². The number of carbonyl (C=O) groups excluding carboxylic acids is 1. The third kappa shape index (κ3) is 3.48. The van der Waals surface area contributed by atoms with Crippen LogP contribution in [0.2, 0.25) is 0 Å². The average Bonchev–Trinajstić information content (AvgIpc) is 3.26. The Labute approximate surface area is 161 Å². The highest BCUT2D eigenvalue weighted by Crippen LogP contribution is 2.40. The van der Waals surface area contributed by atoms with Crippen LogP contribution in [-0.2, 0) is 24.2 Å². The van der Waals surface area contributed by atoms with E-state index >= 15 is 0 Å². The molecule has 1 amide bonds. The number of hydrogen-bond acceptors (Lipinski definition) is 5. The zero-order valence-corrected chi connectivity index (χ0v) is 16.4. The highest BCUT2D eigenvalue weighted by molar-refractivity contribution is 8.00. The van der Waals surface area contributed by atoms with E-state index in [4.69, 9.17) is 0 Å². The van der Waals surface area contributed by atoms with Gasteiger partial charge in [-0.25, -0.2) is 9.97 Å². The van der Waals surface area contributed by atoms with Crippen LogP contribution < -0.4 is 0 Å². The SMILES string of the molecule is CCN(Cc1ccccc1)C(=O)CSc1ncnc2sc3c(c12)CCC3. The quantitative estimate of drug-likeness (QED) is 0.470. The fraction of sp³-hybridized carbons (Fsp3) is 0.350. The number of thiophene rings is 1. The van der Waals surface area contributed by atoms with Crippen LogP contribution >= 0.6 is 23.1 Å².